The summed E-state index contributed by atoms with van der Waals surface area (Å²) >= 11 is 0. The molecule has 0 bridgehead atoms. The number of hydrogen-bond donors (Lipinski definition) is 1. The van der Waals surface area contributed by atoms with E-state index in [-0.39, 0.29) is 17.0 Å². The SMILES string of the molecule is CC(C)(C)c1cc(N(C(N)=O)c2cccc(C(=O)c3ccccc3)c2)no1. The van der Waals surface area contributed by atoms with E-state index in [1.807, 2.05) is 26.8 Å². The number of nitrogens with two attached hydrogens (primary N) is 1. The molecule has 0 atom stereocenters. The van der Waals surface area contributed by atoms with E-state index in [0.717, 1.165) is 0 Å². The first kappa shape index (κ1) is 18.4. The second kappa shape index (κ2) is 7.07. The van der Waals surface area contributed by atoms with Gasteiger partial charge in [0.1, 0.15) is 5.76 Å². The van der Waals surface area contributed by atoms with Gasteiger partial charge in [0.25, 0.3) is 0 Å². The molecule has 27 heavy (non-hydrogen) atoms. The number of carbonyl (C=O) groups is 2. The number of anilines is 2. The highest BCUT2D eigenvalue weighted by atomic mass is 16.5. The Bertz CT molecular complexity index is 972. The average molecular weight is 363 g/mol. The van der Waals surface area contributed by atoms with Gasteiger partial charge in [-0.25, -0.2) is 9.69 Å². The van der Waals surface area contributed by atoms with Crippen molar-refractivity contribution < 1.29 is 14.1 Å². The third kappa shape index (κ3) is 3.89. The van der Waals surface area contributed by atoms with Gasteiger partial charge in [0.2, 0.25) is 0 Å². The summed E-state index contributed by atoms with van der Waals surface area (Å²) < 4.78 is 5.36. The van der Waals surface area contributed by atoms with Gasteiger partial charge in [0.05, 0.1) is 5.69 Å². The minimum Gasteiger partial charge on any atom is -0.359 e. The molecule has 6 nitrogen and oxygen atoms in total. The molecule has 2 N–H and O–H groups in total. The Morgan fingerprint density at radius 1 is 0.963 bits per heavy atom. The van der Waals surface area contributed by atoms with Crippen LogP contribution in [0.4, 0.5) is 16.3 Å². The van der Waals surface area contributed by atoms with Gasteiger partial charge < -0.3 is 10.3 Å². The summed E-state index contributed by atoms with van der Waals surface area (Å²) in [5.74, 6) is 0.759. The van der Waals surface area contributed by atoms with Gasteiger partial charge in [-0.2, -0.15) is 0 Å². The quantitative estimate of drug-likeness (QED) is 0.695. The van der Waals surface area contributed by atoms with E-state index in [0.29, 0.717) is 22.6 Å². The van der Waals surface area contributed by atoms with Gasteiger partial charge in [0.15, 0.2) is 11.6 Å². The third-order valence-electron chi connectivity index (χ3n) is 4.09. The van der Waals surface area contributed by atoms with Crippen molar-refractivity contribution in [2.24, 2.45) is 5.73 Å². The highest BCUT2D eigenvalue weighted by Crippen LogP contribution is 2.30. The summed E-state index contributed by atoms with van der Waals surface area (Å²) in [6, 6.07) is 16.6. The Labute approximate surface area is 157 Å². The molecular formula is C21H21N3O3. The number of aromatic nitrogens is 1. The molecule has 1 heterocycles. The maximum atomic E-state index is 12.7. The highest BCUT2D eigenvalue weighted by Gasteiger charge is 2.25. The van der Waals surface area contributed by atoms with Crippen molar-refractivity contribution in [3.05, 3.63) is 77.6 Å². The van der Waals surface area contributed by atoms with Crippen LogP contribution in [0.5, 0.6) is 0 Å². The zero-order valence-electron chi connectivity index (χ0n) is 15.5. The monoisotopic (exact) mass is 363 g/mol. The van der Waals surface area contributed by atoms with E-state index < -0.39 is 6.03 Å². The minimum atomic E-state index is -0.715. The van der Waals surface area contributed by atoms with Crippen LogP contribution in [0.2, 0.25) is 0 Å². The fraction of sp³-hybridized carbons (Fsp3) is 0.190. The molecular weight excluding hydrogens is 342 g/mol. The summed E-state index contributed by atoms with van der Waals surface area (Å²) in [6.07, 6.45) is 0. The number of carbonyl (C=O) groups excluding carboxylic acids is 2. The maximum Gasteiger partial charge on any atom is 0.325 e. The number of nitrogens with zero attached hydrogens (tertiary/aromatic N) is 2. The second-order valence-corrected chi connectivity index (χ2v) is 7.22. The molecule has 0 spiro atoms. The van der Waals surface area contributed by atoms with E-state index in [1.54, 1.807) is 54.6 Å². The van der Waals surface area contributed by atoms with E-state index in [4.69, 9.17) is 10.3 Å². The molecule has 0 aliphatic rings. The predicted octanol–water partition coefficient (Wildman–Crippen LogP) is 4.42. The largest absolute Gasteiger partial charge is 0.359 e. The molecule has 0 aliphatic heterocycles. The standard InChI is InChI=1S/C21H21N3O3/c1-21(2,3)17-13-18(23-27-17)24(20(22)26)16-11-7-10-15(12-16)19(25)14-8-5-4-6-9-14/h4-13H,1-3H3,(H2,22,26). The van der Waals surface area contributed by atoms with Gasteiger partial charge >= 0.3 is 6.03 Å². The van der Waals surface area contributed by atoms with Gasteiger partial charge in [-0.05, 0) is 12.1 Å². The van der Waals surface area contributed by atoms with E-state index in [1.165, 1.54) is 4.90 Å². The zero-order valence-corrected chi connectivity index (χ0v) is 15.5. The van der Waals surface area contributed by atoms with Crippen molar-refractivity contribution in [1.82, 2.24) is 5.16 Å². The molecule has 0 radical (unpaired) electrons. The summed E-state index contributed by atoms with van der Waals surface area (Å²) in [4.78, 5) is 26.0. The lowest BCUT2D eigenvalue weighted by Gasteiger charge is -2.18. The summed E-state index contributed by atoms with van der Waals surface area (Å²) in [5.41, 5.74) is 6.77. The average Bonchev–Trinajstić information content (AvgIpc) is 3.12. The normalized spacial score (nSPS) is 11.2. The third-order valence-corrected chi connectivity index (χ3v) is 4.09. The Hall–Kier alpha value is -3.41. The first-order valence-corrected chi connectivity index (χ1v) is 8.54. The van der Waals surface area contributed by atoms with Crippen molar-refractivity contribution >= 4 is 23.3 Å². The van der Waals surface area contributed by atoms with Crippen molar-refractivity contribution in [3.63, 3.8) is 0 Å². The van der Waals surface area contributed by atoms with Crippen molar-refractivity contribution in [2.45, 2.75) is 26.2 Å². The van der Waals surface area contributed by atoms with Crippen LogP contribution in [-0.4, -0.2) is 17.0 Å². The maximum absolute atomic E-state index is 12.7. The Morgan fingerprint density at radius 3 is 2.22 bits per heavy atom. The molecule has 0 fully saturated rings. The molecule has 2 amide bonds. The molecule has 138 valence electrons. The first-order chi connectivity index (χ1) is 12.8. The van der Waals surface area contributed by atoms with Crippen LogP contribution in [0.1, 0.15) is 42.5 Å². The molecule has 3 rings (SSSR count). The van der Waals surface area contributed by atoms with Crippen LogP contribution < -0.4 is 10.6 Å². The van der Waals surface area contributed by atoms with Crippen molar-refractivity contribution in [2.75, 3.05) is 4.90 Å². The molecule has 0 saturated carbocycles. The summed E-state index contributed by atoms with van der Waals surface area (Å²) in [7, 11) is 0. The van der Waals surface area contributed by atoms with Gasteiger partial charge in [-0.1, -0.05) is 68.4 Å². The highest BCUT2D eigenvalue weighted by molar-refractivity contribution is 6.10. The van der Waals surface area contributed by atoms with E-state index >= 15 is 0 Å². The van der Waals surface area contributed by atoms with Gasteiger partial charge in [-0.15, -0.1) is 0 Å². The summed E-state index contributed by atoms with van der Waals surface area (Å²) in [5, 5.41) is 3.98. The smallest absolute Gasteiger partial charge is 0.325 e. The topological polar surface area (TPSA) is 89.4 Å². The van der Waals surface area contributed by atoms with E-state index in [2.05, 4.69) is 5.16 Å². The zero-order chi connectivity index (χ0) is 19.6. The van der Waals surface area contributed by atoms with Gasteiger partial charge in [0, 0.05) is 22.6 Å². The second-order valence-electron chi connectivity index (χ2n) is 7.22. The fourth-order valence-corrected chi connectivity index (χ4v) is 2.64. The Balaban J connectivity index is 1.99. The van der Waals surface area contributed by atoms with Crippen LogP contribution in [0, 0.1) is 0 Å². The fourth-order valence-electron chi connectivity index (χ4n) is 2.64. The number of ketones is 1. The summed E-state index contributed by atoms with van der Waals surface area (Å²) in [6.45, 7) is 5.93. The van der Waals surface area contributed by atoms with Crippen LogP contribution in [0.25, 0.3) is 0 Å². The van der Waals surface area contributed by atoms with Crippen LogP contribution in [0.3, 0.4) is 0 Å². The lowest BCUT2D eigenvalue weighted by Crippen LogP contribution is -2.31. The first-order valence-electron chi connectivity index (χ1n) is 8.54. The number of hydrogen-bond acceptors (Lipinski definition) is 4. The minimum absolute atomic E-state index is 0.141. The molecule has 3 aromatic rings. The lowest BCUT2D eigenvalue weighted by atomic mass is 9.93. The molecule has 1 aromatic heterocycles. The number of benzene rings is 2. The molecule has 6 heteroatoms. The Kier molecular flexibility index (Phi) is 4.81. The number of primary amides is 1. The van der Waals surface area contributed by atoms with Crippen LogP contribution >= 0.6 is 0 Å². The van der Waals surface area contributed by atoms with Crippen LogP contribution in [0.15, 0.2) is 65.2 Å². The molecule has 0 unspecified atom stereocenters. The molecule has 0 aliphatic carbocycles. The molecule has 2 aromatic carbocycles. The predicted molar refractivity (Wildman–Crippen MR) is 103 cm³/mol. The Morgan fingerprint density at radius 2 is 1.63 bits per heavy atom. The van der Waals surface area contributed by atoms with Crippen LogP contribution in [-0.2, 0) is 5.41 Å². The molecule has 0 saturated heterocycles. The lowest BCUT2D eigenvalue weighted by molar-refractivity contribution is 0.103. The van der Waals surface area contributed by atoms with E-state index in [9.17, 15) is 9.59 Å². The van der Waals surface area contributed by atoms with Crippen molar-refractivity contribution in [3.8, 4) is 0 Å². The van der Waals surface area contributed by atoms with Crippen molar-refractivity contribution in [1.29, 1.82) is 0 Å². The van der Waals surface area contributed by atoms with Gasteiger partial charge in [-0.3, -0.25) is 4.79 Å². The number of amides is 2. The number of rotatable bonds is 4. The number of urea groups is 1.